The van der Waals surface area contributed by atoms with Gasteiger partial charge in [0.15, 0.2) is 18.0 Å². The van der Waals surface area contributed by atoms with Crippen LogP contribution in [0.4, 0.5) is 10.3 Å². The van der Waals surface area contributed by atoms with Gasteiger partial charge in [0.05, 0.1) is 12.0 Å². The Morgan fingerprint density at radius 2 is 2.35 bits per heavy atom. The molecule has 9 heteroatoms. The van der Waals surface area contributed by atoms with Crippen molar-refractivity contribution in [1.82, 2.24) is 14.5 Å². The lowest BCUT2D eigenvalue weighted by atomic mass is 10.1. The predicted molar refractivity (Wildman–Crippen MR) is 66.7 cm³/mol. The van der Waals surface area contributed by atoms with Crippen molar-refractivity contribution < 1.29 is 19.3 Å². The molecule has 0 unspecified atom stereocenters. The molecule has 4 atom stereocenters. The van der Waals surface area contributed by atoms with E-state index in [1.807, 2.05) is 0 Å². The fraction of sp³-hybridized carbons (Fsp3) is 0.455. The highest BCUT2D eigenvalue weighted by molar-refractivity contribution is 5.76. The number of ether oxygens (including phenoxy) is 1. The van der Waals surface area contributed by atoms with Crippen molar-refractivity contribution in [2.45, 2.75) is 24.6 Å². The molecule has 1 aliphatic heterocycles. The fourth-order valence-corrected chi connectivity index (χ4v) is 2.35. The number of H-pyrrole nitrogens is 1. The Bertz CT molecular complexity index is 699. The number of fused-ring (bicyclic) bond motifs is 1. The maximum Gasteiger partial charge on any atom is 0.261 e. The number of nitrogens with two attached hydrogens (primary N) is 1. The predicted octanol–water partition coefficient (Wildman–Crippen LogP) is -1.10. The second-order valence-corrected chi connectivity index (χ2v) is 4.59. The number of nitrogens with one attached hydrogen (secondary N) is 1. The summed E-state index contributed by atoms with van der Waals surface area (Å²) in [6.45, 7) is -0.552. The molecular formula is C11H13FN4O4. The Hall–Kier alpha value is -1.97. The fourth-order valence-electron chi connectivity index (χ4n) is 2.35. The Morgan fingerprint density at radius 1 is 1.60 bits per heavy atom. The van der Waals surface area contributed by atoms with Crippen LogP contribution < -0.4 is 11.3 Å². The highest BCUT2D eigenvalue weighted by atomic mass is 19.1. The number of hydrogen-bond donors (Lipinski definition) is 4. The molecule has 0 radical (unpaired) electrons. The Labute approximate surface area is 111 Å². The Balaban J connectivity index is 2.09. The van der Waals surface area contributed by atoms with Crippen LogP contribution in [-0.2, 0) is 4.74 Å². The lowest BCUT2D eigenvalue weighted by molar-refractivity contribution is -0.0492. The zero-order valence-electron chi connectivity index (χ0n) is 10.2. The number of aliphatic hydroxyl groups excluding tert-OH is 2. The van der Waals surface area contributed by atoms with Crippen LogP contribution in [-0.4, -0.2) is 49.7 Å². The van der Waals surface area contributed by atoms with Crippen LogP contribution in [0.3, 0.4) is 0 Å². The van der Waals surface area contributed by atoms with Gasteiger partial charge in [0.1, 0.15) is 12.2 Å². The molecule has 2 aromatic rings. The van der Waals surface area contributed by atoms with Gasteiger partial charge in [-0.25, -0.2) is 4.39 Å². The second-order valence-electron chi connectivity index (χ2n) is 4.59. The molecule has 8 nitrogen and oxygen atoms in total. The molecule has 0 saturated carbocycles. The topological polar surface area (TPSA) is 126 Å². The first kappa shape index (κ1) is 13.0. The van der Waals surface area contributed by atoms with Gasteiger partial charge < -0.3 is 25.3 Å². The van der Waals surface area contributed by atoms with E-state index in [0.717, 1.165) is 0 Å². The molecule has 3 heterocycles. The van der Waals surface area contributed by atoms with Crippen molar-refractivity contribution in [3.8, 4) is 0 Å². The molecule has 0 bridgehead atoms. The lowest BCUT2D eigenvalue weighted by Gasteiger charge is -2.16. The molecule has 108 valence electrons. The van der Waals surface area contributed by atoms with Gasteiger partial charge in [-0.2, -0.15) is 4.98 Å². The summed E-state index contributed by atoms with van der Waals surface area (Å²) in [7, 11) is 0. The number of halogens is 1. The van der Waals surface area contributed by atoms with Gasteiger partial charge in [0.2, 0.25) is 5.95 Å². The van der Waals surface area contributed by atoms with Crippen molar-refractivity contribution in [1.29, 1.82) is 0 Å². The van der Waals surface area contributed by atoms with E-state index in [2.05, 4.69) is 9.97 Å². The summed E-state index contributed by atoms with van der Waals surface area (Å²) in [5, 5.41) is 19.1. The Kier molecular flexibility index (Phi) is 2.96. The van der Waals surface area contributed by atoms with Crippen LogP contribution in [0.25, 0.3) is 11.0 Å². The minimum absolute atomic E-state index is 0.0922. The summed E-state index contributed by atoms with van der Waals surface area (Å²) in [5.74, 6) is -0.0922. The number of anilines is 1. The summed E-state index contributed by atoms with van der Waals surface area (Å²) in [5.41, 5.74) is 5.22. The van der Waals surface area contributed by atoms with E-state index in [9.17, 15) is 14.3 Å². The third-order valence-corrected chi connectivity index (χ3v) is 3.34. The Morgan fingerprint density at radius 3 is 3.00 bits per heavy atom. The molecule has 20 heavy (non-hydrogen) atoms. The van der Waals surface area contributed by atoms with Gasteiger partial charge in [-0.15, -0.1) is 0 Å². The highest BCUT2D eigenvalue weighted by Crippen LogP contribution is 2.33. The zero-order chi connectivity index (χ0) is 14.4. The summed E-state index contributed by atoms with van der Waals surface area (Å²) in [6, 6.07) is 1.47. The van der Waals surface area contributed by atoms with Crippen molar-refractivity contribution in [3.05, 3.63) is 22.6 Å². The first-order chi connectivity index (χ1) is 9.52. The molecule has 0 amide bonds. The van der Waals surface area contributed by atoms with Crippen LogP contribution in [0.2, 0.25) is 0 Å². The van der Waals surface area contributed by atoms with Gasteiger partial charge in [-0.05, 0) is 6.07 Å². The molecular weight excluding hydrogens is 271 g/mol. The van der Waals surface area contributed by atoms with E-state index in [4.69, 9.17) is 15.6 Å². The minimum Gasteiger partial charge on any atom is -0.394 e. The van der Waals surface area contributed by atoms with E-state index in [-0.39, 0.29) is 17.0 Å². The average Bonchev–Trinajstić information content (AvgIpc) is 2.93. The second kappa shape index (κ2) is 4.54. The van der Waals surface area contributed by atoms with Crippen molar-refractivity contribution in [3.63, 3.8) is 0 Å². The summed E-state index contributed by atoms with van der Waals surface area (Å²) in [4.78, 5) is 18.0. The molecule has 2 aromatic heterocycles. The quantitative estimate of drug-likeness (QED) is 0.554. The number of aliphatic hydroxyl groups is 2. The van der Waals surface area contributed by atoms with Gasteiger partial charge in [0, 0.05) is 6.20 Å². The number of hydrogen-bond acceptors (Lipinski definition) is 6. The van der Waals surface area contributed by atoms with Crippen LogP contribution >= 0.6 is 0 Å². The number of nitrogen functional groups attached to an aromatic ring is 1. The largest absolute Gasteiger partial charge is 0.394 e. The van der Waals surface area contributed by atoms with Gasteiger partial charge in [-0.1, -0.05) is 0 Å². The molecule has 5 N–H and O–H groups in total. The third kappa shape index (κ3) is 1.79. The number of aromatic amines is 1. The number of alkyl halides is 1. The van der Waals surface area contributed by atoms with Crippen LogP contribution in [0.5, 0.6) is 0 Å². The number of nitrogens with zero attached hydrogens (tertiary/aromatic N) is 2. The van der Waals surface area contributed by atoms with E-state index in [0.29, 0.717) is 0 Å². The van der Waals surface area contributed by atoms with E-state index in [1.165, 1.54) is 16.8 Å². The zero-order valence-corrected chi connectivity index (χ0v) is 10.2. The normalized spacial score (nSPS) is 30.1. The summed E-state index contributed by atoms with van der Waals surface area (Å²) < 4.78 is 20.3. The standard InChI is InChI=1S/C11H13FN4O4/c12-6-5(3-17)20-10(7(6)18)16-2-1-4-8(16)14-11(13)15-9(4)19/h1-2,5-7,10,17-18H,3H2,(H3,13,14,15,19)/t5-,6-,7-,10-/m1/s1. The average molecular weight is 284 g/mol. The van der Waals surface area contributed by atoms with E-state index >= 15 is 0 Å². The van der Waals surface area contributed by atoms with Crippen LogP contribution in [0, 0.1) is 0 Å². The summed E-state index contributed by atoms with van der Waals surface area (Å²) >= 11 is 0. The SMILES string of the molecule is Nc1nc2c(ccn2[C@@H]2O[C@H](CO)[C@@H](F)[C@H]2O)c(=O)[nH]1. The van der Waals surface area contributed by atoms with Gasteiger partial charge >= 0.3 is 0 Å². The van der Waals surface area contributed by atoms with Gasteiger partial charge in [0.25, 0.3) is 5.56 Å². The summed E-state index contributed by atoms with van der Waals surface area (Å²) in [6.07, 6.45) is -3.93. The van der Waals surface area contributed by atoms with Crippen molar-refractivity contribution in [2.75, 3.05) is 12.3 Å². The van der Waals surface area contributed by atoms with Gasteiger partial charge in [-0.3, -0.25) is 9.78 Å². The first-order valence-corrected chi connectivity index (χ1v) is 5.97. The third-order valence-electron chi connectivity index (χ3n) is 3.34. The molecule has 1 aliphatic rings. The number of rotatable bonds is 2. The smallest absolute Gasteiger partial charge is 0.261 e. The number of aromatic nitrogens is 3. The highest BCUT2D eigenvalue weighted by Gasteiger charge is 2.45. The van der Waals surface area contributed by atoms with Crippen LogP contribution in [0.1, 0.15) is 6.23 Å². The molecule has 0 aromatic carbocycles. The minimum atomic E-state index is -1.72. The van der Waals surface area contributed by atoms with Crippen LogP contribution in [0.15, 0.2) is 17.1 Å². The monoisotopic (exact) mass is 284 g/mol. The molecule has 0 spiro atoms. The maximum absolute atomic E-state index is 13.7. The van der Waals surface area contributed by atoms with Crippen molar-refractivity contribution >= 4 is 17.0 Å². The van der Waals surface area contributed by atoms with E-state index in [1.54, 1.807) is 0 Å². The lowest BCUT2D eigenvalue weighted by Crippen LogP contribution is -2.29. The molecule has 1 saturated heterocycles. The van der Waals surface area contributed by atoms with Crippen molar-refractivity contribution in [2.24, 2.45) is 0 Å². The van der Waals surface area contributed by atoms with E-state index < -0.39 is 36.8 Å². The first-order valence-electron chi connectivity index (χ1n) is 5.97. The molecule has 3 rings (SSSR count). The molecule has 0 aliphatic carbocycles. The molecule has 1 fully saturated rings. The maximum atomic E-state index is 13.7.